The van der Waals surface area contributed by atoms with Crippen LogP contribution in [0.15, 0.2) is 42.6 Å². The fourth-order valence-corrected chi connectivity index (χ4v) is 4.00. The van der Waals surface area contributed by atoms with Crippen LogP contribution in [0.2, 0.25) is 0 Å². The van der Waals surface area contributed by atoms with Gasteiger partial charge in [-0.15, -0.1) is 0 Å². The summed E-state index contributed by atoms with van der Waals surface area (Å²) in [5, 5.41) is 0. The predicted octanol–water partition coefficient (Wildman–Crippen LogP) is 5.25. The number of ether oxygens (including phenoxy) is 2. The number of anilines is 1. The maximum atomic E-state index is 12.9. The van der Waals surface area contributed by atoms with E-state index in [-0.39, 0.29) is 30.8 Å². The number of pyridine rings is 1. The summed E-state index contributed by atoms with van der Waals surface area (Å²) < 4.78 is 37.5. The van der Waals surface area contributed by atoms with Crippen LogP contribution < -0.4 is 14.4 Å². The van der Waals surface area contributed by atoms with Crippen LogP contribution in [0.5, 0.6) is 11.5 Å². The summed E-state index contributed by atoms with van der Waals surface area (Å²) in [6.07, 6.45) is 3.90. The molecule has 1 aromatic heterocycles. The first kappa shape index (κ1) is 22.5. The lowest BCUT2D eigenvalue weighted by molar-refractivity contribution is -0.120. The number of carbonyl (C=O) groups is 1. The van der Waals surface area contributed by atoms with Gasteiger partial charge in [-0.1, -0.05) is 26.0 Å². The van der Waals surface area contributed by atoms with Crippen molar-refractivity contribution in [3.63, 3.8) is 0 Å². The summed E-state index contributed by atoms with van der Waals surface area (Å²) in [5.41, 5.74) is 1.01. The first-order chi connectivity index (χ1) is 15.4. The third-order valence-electron chi connectivity index (χ3n) is 6.26. The van der Waals surface area contributed by atoms with Crippen molar-refractivity contribution < 1.29 is 23.0 Å². The van der Waals surface area contributed by atoms with E-state index in [9.17, 15) is 13.6 Å². The Kier molecular flexibility index (Phi) is 6.63. The monoisotopic (exact) mass is 444 g/mol. The molecule has 2 heterocycles. The highest BCUT2D eigenvalue weighted by molar-refractivity contribution is 5.85. The summed E-state index contributed by atoms with van der Waals surface area (Å²) in [7, 11) is 0. The zero-order valence-corrected chi connectivity index (χ0v) is 18.6. The Labute approximate surface area is 187 Å². The van der Waals surface area contributed by atoms with Gasteiger partial charge < -0.3 is 14.4 Å². The summed E-state index contributed by atoms with van der Waals surface area (Å²) in [5.74, 6) is -0.943. The normalized spacial score (nSPS) is 22.4. The maximum Gasteiger partial charge on any atom is 0.255 e. The van der Waals surface area contributed by atoms with Crippen LogP contribution in [0.25, 0.3) is 0 Å². The number of hydrogen-bond acceptors (Lipinski definition) is 5. The molecule has 2 aromatic rings. The number of halogens is 2. The van der Waals surface area contributed by atoms with Crippen molar-refractivity contribution in [2.45, 2.75) is 57.5 Å². The standard InChI is InChI=1S/C25H30F2N2O3/c1-3-4-23(30)17(2)18-5-7-20(8-6-18)32-22-11-12-29(15-22)24-10-9-21(14-28-24)31-16-19-13-25(19,26)27/h5-10,14,17,19,22H,3-4,11-13,15-16H2,1-2H3/t17?,19?,22-/m1/s1. The van der Waals surface area contributed by atoms with E-state index in [0.717, 1.165) is 36.5 Å². The van der Waals surface area contributed by atoms with Crippen LogP contribution in [0.1, 0.15) is 51.0 Å². The molecule has 0 bridgehead atoms. The number of hydrogen-bond donors (Lipinski definition) is 0. The molecule has 0 radical (unpaired) electrons. The highest BCUT2D eigenvalue weighted by atomic mass is 19.3. The molecule has 0 amide bonds. The number of rotatable bonds is 10. The van der Waals surface area contributed by atoms with E-state index in [0.29, 0.717) is 18.7 Å². The smallest absolute Gasteiger partial charge is 0.255 e. The van der Waals surface area contributed by atoms with Gasteiger partial charge in [-0.2, -0.15) is 0 Å². The largest absolute Gasteiger partial charge is 0.491 e. The lowest BCUT2D eigenvalue weighted by atomic mass is 9.94. The van der Waals surface area contributed by atoms with Crippen LogP contribution in [-0.4, -0.2) is 42.5 Å². The van der Waals surface area contributed by atoms with Gasteiger partial charge in [0, 0.05) is 31.7 Å². The van der Waals surface area contributed by atoms with E-state index in [1.807, 2.05) is 44.2 Å². The molecule has 32 heavy (non-hydrogen) atoms. The molecule has 1 saturated carbocycles. The first-order valence-corrected chi connectivity index (χ1v) is 11.4. The van der Waals surface area contributed by atoms with Gasteiger partial charge in [0.2, 0.25) is 0 Å². The Morgan fingerprint density at radius 3 is 2.56 bits per heavy atom. The van der Waals surface area contributed by atoms with Crippen LogP contribution in [0, 0.1) is 5.92 Å². The van der Waals surface area contributed by atoms with E-state index in [1.165, 1.54) is 0 Å². The fourth-order valence-electron chi connectivity index (χ4n) is 4.00. The van der Waals surface area contributed by atoms with Crippen molar-refractivity contribution in [3.05, 3.63) is 48.2 Å². The Hall–Kier alpha value is -2.70. The number of aromatic nitrogens is 1. The number of alkyl halides is 2. The van der Waals surface area contributed by atoms with Crippen LogP contribution in [0.3, 0.4) is 0 Å². The minimum atomic E-state index is -2.57. The highest BCUT2D eigenvalue weighted by Crippen LogP contribution is 2.48. The highest BCUT2D eigenvalue weighted by Gasteiger charge is 2.57. The van der Waals surface area contributed by atoms with E-state index in [2.05, 4.69) is 9.88 Å². The molecule has 1 saturated heterocycles. The van der Waals surface area contributed by atoms with Crippen LogP contribution in [-0.2, 0) is 4.79 Å². The number of carbonyl (C=O) groups excluding carboxylic acids is 1. The molecule has 4 rings (SSSR count). The predicted molar refractivity (Wildman–Crippen MR) is 119 cm³/mol. The number of benzene rings is 1. The van der Waals surface area contributed by atoms with E-state index in [4.69, 9.17) is 9.47 Å². The van der Waals surface area contributed by atoms with Crippen molar-refractivity contribution >= 4 is 11.6 Å². The number of Topliss-reactive ketones (excluding diaryl/α,β-unsaturated/α-hetero) is 1. The van der Waals surface area contributed by atoms with Gasteiger partial charge in [-0.3, -0.25) is 4.79 Å². The molecule has 5 nitrogen and oxygen atoms in total. The molecule has 2 aliphatic rings. The first-order valence-electron chi connectivity index (χ1n) is 11.4. The molecule has 1 aliphatic heterocycles. The van der Waals surface area contributed by atoms with Crippen molar-refractivity contribution in [3.8, 4) is 11.5 Å². The minimum Gasteiger partial charge on any atom is -0.491 e. The summed E-state index contributed by atoms with van der Waals surface area (Å²) >= 11 is 0. The van der Waals surface area contributed by atoms with Gasteiger partial charge in [0.25, 0.3) is 5.92 Å². The van der Waals surface area contributed by atoms with E-state index >= 15 is 0 Å². The van der Waals surface area contributed by atoms with Gasteiger partial charge in [0.05, 0.1) is 25.3 Å². The van der Waals surface area contributed by atoms with Crippen molar-refractivity contribution in [2.75, 3.05) is 24.6 Å². The molecular weight excluding hydrogens is 414 g/mol. The molecular formula is C25H30F2N2O3. The second-order valence-corrected chi connectivity index (χ2v) is 8.81. The topological polar surface area (TPSA) is 51.7 Å². The van der Waals surface area contributed by atoms with Crippen molar-refractivity contribution in [1.82, 2.24) is 4.98 Å². The van der Waals surface area contributed by atoms with Gasteiger partial charge >= 0.3 is 0 Å². The Balaban J connectivity index is 1.26. The third kappa shape index (κ3) is 5.37. The molecule has 2 fully saturated rings. The third-order valence-corrected chi connectivity index (χ3v) is 6.26. The lowest BCUT2D eigenvalue weighted by Gasteiger charge is -2.19. The maximum absolute atomic E-state index is 12.9. The van der Waals surface area contributed by atoms with Crippen molar-refractivity contribution in [1.29, 1.82) is 0 Å². The Morgan fingerprint density at radius 1 is 1.22 bits per heavy atom. The molecule has 2 unspecified atom stereocenters. The lowest BCUT2D eigenvalue weighted by Crippen LogP contribution is -2.25. The molecule has 1 aromatic carbocycles. The molecule has 1 aliphatic carbocycles. The summed E-state index contributed by atoms with van der Waals surface area (Å²) in [6.45, 7) is 5.54. The van der Waals surface area contributed by atoms with E-state index in [1.54, 1.807) is 12.3 Å². The second kappa shape index (κ2) is 9.43. The van der Waals surface area contributed by atoms with Gasteiger partial charge in [-0.25, -0.2) is 13.8 Å². The average molecular weight is 445 g/mol. The number of ketones is 1. The quantitative estimate of drug-likeness (QED) is 0.501. The average Bonchev–Trinajstić information content (AvgIpc) is 3.16. The zero-order chi connectivity index (χ0) is 22.7. The zero-order valence-electron chi connectivity index (χ0n) is 18.6. The summed E-state index contributed by atoms with van der Waals surface area (Å²) in [4.78, 5) is 18.7. The Morgan fingerprint density at radius 2 is 1.94 bits per heavy atom. The summed E-state index contributed by atoms with van der Waals surface area (Å²) in [6, 6.07) is 11.4. The Bertz CT molecular complexity index is 918. The van der Waals surface area contributed by atoms with Crippen LogP contribution >= 0.6 is 0 Å². The molecule has 7 heteroatoms. The minimum absolute atomic E-state index is 0.0258. The molecule has 0 spiro atoms. The number of nitrogens with zero attached hydrogens (tertiary/aromatic N) is 2. The molecule has 172 valence electrons. The molecule has 3 atom stereocenters. The van der Waals surface area contributed by atoms with Crippen molar-refractivity contribution in [2.24, 2.45) is 5.92 Å². The second-order valence-electron chi connectivity index (χ2n) is 8.81. The van der Waals surface area contributed by atoms with E-state index < -0.39 is 11.8 Å². The van der Waals surface area contributed by atoms with Gasteiger partial charge in [0.1, 0.15) is 29.2 Å². The van der Waals surface area contributed by atoms with Crippen LogP contribution in [0.4, 0.5) is 14.6 Å². The SMILES string of the molecule is CCCC(=O)C(C)c1ccc(O[C@@H]2CCN(c3ccc(OCC4CC4(F)F)cn3)C2)cc1. The molecule has 0 N–H and O–H groups in total. The fraction of sp³-hybridized carbons (Fsp3) is 0.520. The van der Waals surface area contributed by atoms with Gasteiger partial charge in [0.15, 0.2) is 0 Å². The van der Waals surface area contributed by atoms with Gasteiger partial charge in [-0.05, 0) is 36.2 Å².